The van der Waals surface area contributed by atoms with Gasteiger partial charge in [0.2, 0.25) is 0 Å². The van der Waals surface area contributed by atoms with Crippen LogP contribution >= 0.6 is 0 Å². The van der Waals surface area contributed by atoms with Crippen LogP contribution in [0.15, 0.2) is 18.2 Å². The lowest BCUT2D eigenvalue weighted by molar-refractivity contribution is 0.0345. The fourth-order valence-corrected chi connectivity index (χ4v) is 3.54. The Kier molecular flexibility index (Phi) is 3.40. The Morgan fingerprint density at radius 2 is 2.05 bits per heavy atom. The first-order valence-electron chi connectivity index (χ1n) is 7.52. The number of benzene rings is 1. The highest BCUT2D eigenvalue weighted by Gasteiger charge is 2.50. The van der Waals surface area contributed by atoms with Crippen molar-refractivity contribution in [3.8, 4) is 0 Å². The Hall–Kier alpha value is -0.860. The molecule has 0 aromatic heterocycles. The smallest absolute Gasteiger partial charge is 0.0675 e. The molecule has 0 amide bonds. The summed E-state index contributed by atoms with van der Waals surface area (Å²) in [5.41, 5.74) is 10.5. The van der Waals surface area contributed by atoms with Gasteiger partial charge in [-0.2, -0.15) is 0 Å². The zero-order chi connectivity index (χ0) is 13.5. The summed E-state index contributed by atoms with van der Waals surface area (Å²) in [6.07, 6.45) is 5.27. The molecule has 1 aromatic carbocycles. The first kappa shape index (κ1) is 13.1. The third kappa shape index (κ3) is 2.44. The molecule has 3 rings (SSSR count). The van der Waals surface area contributed by atoms with Gasteiger partial charge in [-0.1, -0.05) is 18.2 Å². The summed E-state index contributed by atoms with van der Waals surface area (Å²) in [5.74, 6) is 0.776. The molecule has 2 N–H and O–H groups in total. The van der Waals surface area contributed by atoms with Gasteiger partial charge in [0.05, 0.1) is 6.10 Å². The molecule has 0 spiro atoms. The average Bonchev–Trinajstić information content (AvgIpc) is 3.16. The molecule has 1 saturated heterocycles. The number of aryl methyl sites for hydroxylation is 2. The first-order valence-corrected chi connectivity index (χ1v) is 7.52. The van der Waals surface area contributed by atoms with Crippen LogP contribution in [0.3, 0.4) is 0 Å². The largest absolute Gasteiger partial charge is 0.377 e. The van der Waals surface area contributed by atoms with E-state index in [2.05, 4.69) is 32.0 Å². The number of hydrogen-bond donors (Lipinski definition) is 1. The van der Waals surface area contributed by atoms with E-state index >= 15 is 0 Å². The zero-order valence-electron chi connectivity index (χ0n) is 12.1. The summed E-state index contributed by atoms with van der Waals surface area (Å²) in [5, 5.41) is 0. The fourth-order valence-electron chi connectivity index (χ4n) is 3.54. The molecular formula is C17H25NO. The maximum Gasteiger partial charge on any atom is 0.0675 e. The minimum Gasteiger partial charge on any atom is -0.377 e. The lowest BCUT2D eigenvalue weighted by Crippen LogP contribution is -2.41. The molecule has 2 nitrogen and oxygen atoms in total. The first-order chi connectivity index (χ1) is 9.14. The Morgan fingerprint density at radius 1 is 1.26 bits per heavy atom. The molecule has 1 aliphatic heterocycles. The molecule has 0 radical (unpaired) electrons. The molecule has 19 heavy (non-hydrogen) atoms. The lowest BCUT2D eigenvalue weighted by Gasteiger charge is -2.33. The minimum atomic E-state index is 0.183. The van der Waals surface area contributed by atoms with Gasteiger partial charge in [0.25, 0.3) is 0 Å². The van der Waals surface area contributed by atoms with Crippen molar-refractivity contribution in [3.05, 3.63) is 34.9 Å². The molecule has 1 aliphatic carbocycles. The maximum atomic E-state index is 6.16. The van der Waals surface area contributed by atoms with E-state index in [1.807, 2.05) is 0 Å². The van der Waals surface area contributed by atoms with Crippen molar-refractivity contribution < 1.29 is 4.74 Å². The van der Waals surface area contributed by atoms with Gasteiger partial charge < -0.3 is 10.5 Å². The molecule has 2 aliphatic rings. The van der Waals surface area contributed by atoms with E-state index in [0.29, 0.717) is 6.10 Å². The van der Waals surface area contributed by atoms with Crippen molar-refractivity contribution in [2.75, 3.05) is 13.2 Å². The van der Waals surface area contributed by atoms with Crippen LogP contribution in [0.1, 0.15) is 36.0 Å². The van der Waals surface area contributed by atoms with Crippen LogP contribution in [0.5, 0.6) is 0 Å². The van der Waals surface area contributed by atoms with Crippen molar-refractivity contribution in [2.24, 2.45) is 17.1 Å². The Labute approximate surface area is 116 Å². The van der Waals surface area contributed by atoms with Gasteiger partial charge in [0.1, 0.15) is 0 Å². The lowest BCUT2D eigenvalue weighted by atomic mass is 9.74. The molecule has 1 heterocycles. The molecule has 1 saturated carbocycles. The van der Waals surface area contributed by atoms with Crippen molar-refractivity contribution in [2.45, 2.75) is 45.6 Å². The van der Waals surface area contributed by atoms with Crippen LogP contribution < -0.4 is 5.73 Å². The predicted molar refractivity (Wildman–Crippen MR) is 78.2 cm³/mol. The second-order valence-electron chi connectivity index (χ2n) is 6.54. The highest BCUT2D eigenvalue weighted by molar-refractivity contribution is 5.31. The van der Waals surface area contributed by atoms with Crippen LogP contribution in [0.2, 0.25) is 0 Å². The predicted octanol–water partition coefficient (Wildman–Crippen LogP) is 2.99. The van der Waals surface area contributed by atoms with Gasteiger partial charge >= 0.3 is 0 Å². The van der Waals surface area contributed by atoms with Crippen molar-refractivity contribution in [1.82, 2.24) is 0 Å². The Balaban J connectivity index is 1.83. The van der Waals surface area contributed by atoms with E-state index in [1.165, 1.54) is 29.5 Å². The highest BCUT2D eigenvalue weighted by Crippen LogP contribution is 2.48. The highest BCUT2D eigenvalue weighted by atomic mass is 16.5. The van der Waals surface area contributed by atoms with Crippen LogP contribution in [-0.2, 0) is 11.2 Å². The van der Waals surface area contributed by atoms with Gasteiger partial charge in [-0.3, -0.25) is 0 Å². The van der Waals surface area contributed by atoms with E-state index in [9.17, 15) is 0 Å². The Bertz CT molecular complexity index is 466. The normalized spacial score (nSPS) is 30.8. The van der Waals surface area contributed by atoms with Gasteiger partial charge in [0, 0.05) is 18.6 Å². The maximum absolute atomic E-state index is 6.16. The zero-order valence-corrected chi connectivity index (χ0v) is 12.1. The summed E-state index contributed by atoms with van der Waals surface area (Å²) in [6, 6.07) is 6.83. The molecule has 2 heteroatoms. The molecule has 2 atom stereocenters. The van der Waals surface area contributed by atoms with Gasteiger partial charge in [0.15, 0.2) is 0 Å². The minimum absolute atomic E-state index is 0.183. The second kappa shape index (κ2) is 4.92. The van der Waals surface area contributed by atoms with E-state index in [0.717, 1.165) is 31.9 Å². The molecule has 2 fully saturated rings. The summed E-state index contributed by atoms with van der Waals surface area (Å²) in [4.78, 5) is 0. The third-order valence-corrected chi connectivity index (χ3v) is 5.09. The van der Waals surface area contributed by atoms with E-state index in [1.54, 1.807) is 0 Å². The average molecular weight is 259 g/mol. The molecule has 104 valence electrons. The summed E-state index contributed by atoms with van der Waals surface area (Å²) < 4.78 is 6.03. The Morgan fingerprint density at radius 3 is 2.68 bits per heavy atom. The van der Waals surface area contributed by atoms with Gasteiger partial charge in [-0.25, -0.2) is 0 Å². The topological polar surface area (TPSA) is 35.2 Å². The molecule has 2 unspecified atom stereocenters. The number of hydrogen-bond acceptors (Lipinski definition) is 2. The van der Waals surface area contributed by atoms with Crippen molar-refractivity contribution >= 4 is 0 Å². The van der Waals surface area contributed by atoms with E-state index in [4.69, 9.17) is 10.5 Å². The molecule has 1 aromatic rings. The van der Waals surface area contributed by atoms with Crippen LogP contribution in [0.4, 0.5) is 0 Å². The van der Waals surface area contributed by atoms with E-state index in [-0.39, 0.29) is 5.41 Å². The van der Waals surface area contributed by atoms with Crippen LogP contribution in [0.25, 0.3) is 0 Å². The standard InChI is InChI=1S/C17H25NO/c1-12-3-4-14(9-13(12)2)10-17(11-18)7-8-19-16(17)15-5-6-15/h3-4,9,15-16H,5-8,10-11,18H2,1-2H3. The van der Waals surface area contributed by atoms with E-state index < -0.39 is 0 Å². The number of rotatable bonds is 4. The van der Waals surface area contributed by atoms with Gasteiger partial charge in [-0.05, 0) is 62.1 Å². The molecule has 0 bridgehead atoms. The van der Waals surface area contributed by atoms with Crippen LogP contribution in [0, 0.1) is 25.2 Å². The second-order valence-corrected chi connectivity index (χ2v) is 6.54. The summed E-state index contributed by atoms with van der Waals surface area (Å²) in [6.45, 7) is 6.01. The van der Waals surface area contributed by atoms with Crippen molar-refractivity contribution in [3.63, 3.8) is 0 Å². The SMILES string of the molecule is Cc1ccc(CC2(CN)CCOC2C2CC2)cc1C. The van der Waals surface area contributed by atoms with Gasteiger partial charge in [-0.15, -0.1) is 0 Å². The summed E-state index contributed by atoms with van der Waals surface area (Å²) in [7, 11) is 0. The van der Waals surface area contributed by atoms with Crippen LogP contribution in [-0.4, -0.2) is 19.3 Å². The summed E-state index contributed by atoms with van der Waals surface area (Å²) >= 11 is 0. The third-order valence-electron chi connectivity index (χ3n) is 5.09. The molecular weight excluding hydrogens is 234 g/mol. The number of ether oxygens (including phenoxy) is 1. The number of nitrogens with two attached hydrogens (primary N) is 1. The van der Waals surface area contributed by atoms with Crippen molar-refractivity contribution in [1.29, 1.82) is 0 Å². The quantitative estimate of drug-likeness (QED) is 0.902. The fraction of sp³-hybridized carbons (Fsp3) is 0.647. The monoisotopic (exact) mass is 259 g/mol.